The van der Waals surface area contributed by atoms with Crippen molar-refractivity contribution in [3.05, 3.63) is 57.8 Å². The fourth-order valence-corrected chi connectivity index (χ4v) is 2.30. The monoisotopic (exact) mass is 338 g/mol. The van der Waals surface area contributed by atoms with Gasteiger partial charge in [0.05, 0.1) is 21.3 Å². The summed E-state index contributed by atoms with van der Waals surface area (Å²) in [5.41, 5.74) is -0.232. The molecule has 3 rings (SSSR count). The van der Waals surface area contributed by atoms with E-state index in [0.29, 0.717) is 4.90 Å². The van der Waals surface area contributed by atoms with Gasteiger partial charge in [0.15, 0.2) is 0 Å². The molecule has 1 aliphatic heterocycles. The molecule has 1 aromatic heterocycles. The number of carbonyl (C=O) groups excluding carboxylic acids is 2. The van der Waals surface area contributed by atoms with E-state index >= 15 is 0 Å². The van der Waals surface area contributed by atoms with Crippen molar-refractivity contribution >= 4 is 33.4 Å². The minimum atomic E-state index is -0.874. The quantitative estimate of drug-likeness (QED) is 0.593. The highest BCUT2D eigenvalue weighted by molar-refractivity contribution is 9.10. The zero-order valence-electron chi connectivity index (χ0n) is 9.73. The average Bonchev–Trinajstić information content (AvgIpc) is 2.68. The number of pyridine rings is 1. The molecule has 0 fully saturated rings. The van der Waals surface area contributed by atoms with E-state index in [1.165, 1.54) is 18.5 Å². The van der Waals surface area contributed by atoms with Crippen molar-refractivity contribution in [3.63, 3.8) is 0 Å². The van der Waals surface area contributed by atoms with Crippen molar-refractivity contribution in [2.45, 2.75) is 0 Å². The molecular weight excluding hydrogens is 334 g/mol. The molecule has 2 amide bonds. The van der Waals surface area contributed by atoms with Crippen LogP contribution < -0.4 is 4.90 Å². The number of aromatic nitrogens is 1. The lowest BCUT2D eigenvalue weighted by Crippen LogP contribution is -2.30. The van der Waals surface area contributed by atoms with Crippen LogP contribution >= 0.6 is 15.9 Å². The van der Waals surface area contributed by atoms with Gasteiger partial charge in [-0.25, -0.2) is 13.7 Å². The van der Waals surface area contributed by atoms with Gasteiger partial charge in [0, 0.05) is 18.5 Å². The number of rotatable bonds is 1. The van der Waals surface area contributed by atoms with Gasteiger partial charge in [-0.2, -0.15) is 0 Å². The van der Waals surface area contributed by atoms with Crippen molar-refractivity contribution in [3.8, 4) is 0 Å². The van der Waals surface area contributed by atoms with E-state index in [1.54, 1.807) is 0 Å². The van der Waals surface area contributed by atoms with Crippen molar-refractivity contribution in [1.29, 1.82) is 0 Å². The van der Waals surface area contributed by atoms with Crippen LogP contribution in [0.4, 0.5) is 14.5 Å². The fourth-order valence-electron chi connectivity index (χ4n) is 1.99. The molecule has 0 saturated heterocycles. The Hall–Kier alpha value is -2.15. The summed E-state index contributed by atoms with van der Waals surface area (Å²) in [6.07, 6.45) is 2.58. The Balaban J connectivity index is 2.17. The molecule has 0 bridgehead atoms. The summed E-state index contributed by atoms with van der Waals surface area (Å²) in [5, 5.41) is 0. The molecule has 0 atom stereocenters. The van der Waals surface area contributed by atoms with E-state index in [0.717, 1.165) is 12.1 Å². The fraction of sp³-hybridized carbons (Fsp3) is 0. The number of imide groups is 1. The lowest BCUT2D eigenvalue weighted by atomic mass is 10.2. The number of fused-ring (bicyclic) bond motifs is 1. The minimum Gasteiger partial charge on any atom is -0.268 e. The first-order valence-electron chi connectivity index (χ1n) is 5.48. The molecule has 0 unspecified atom stereocenters. The second-order valence-corrected chi connectivity index (χ2v) is 4.94. The number of carbonyl (C=O) groups is 2. The molecule has 0 radical (unpaired) electrons. The molecule has 2 heterocycles. The predicted octanol–water partition coefficient (Wildman–Crippen LogP) is 2.92. The average molecular weight is 339 g/mol. The lowest BCUT2D eigenvalue weighted by molar-refractivity contribution is 0.0925. The second-order valence-electron chi connectivity index (χ2n) is 4.08. The van der Waals surface area contributed by atoms with Gasteiger partial charge in [-0.15, -0.1) is 0 Å². The highest BCUT2D eigenvalue weighted by atomic mass is 79.9. The van der Waals surface area contributed by atoms with Crippen molar-refractivity contribution in [2.24, 2.45) is 0 Å². The van der Waals surface area contributed by atoms with Gasteiger partial charge in [0.2, 0.25) is 0 Å². The molecule has 20 heavy (non-hydrogen) atoms. The van der Waals surface area contributed by atoms with Crippen LogP contribution in [0.5, 0.6) is 0 Å². The van der Waals surface area contributed by atoms with Gasteiger partial charge >= 0.3 is 0 Å². The van der Waals surface area contributed by atoms with Crippen LogP contribution in [0.25, 0.3) is 0 Å². The van der Waals surface area contributed by atoms with E-state index in [1.807, 2.05) is 0 Å². The van der Waals surface area contributed by atoms with E-state index in [-0.39, 0.29) is 15.6 Å². The summed E-state index contributed by atoms with van der Waals surface area (Å²) in [4.78, 5) is 28.6. The number of amides is 2. The van der Waals surface area contributed by atoms with Crippen molar-refractivity contribution in [1.82, 2.24) is 4.98 Å². The molecule has 0 N–H and O–H groups in total. The molecule has 4 nitrogen and oxygen atoms in total. The Morgan fingerprint density at radius 1 is 1.05 bits per heavy atom. The van der Waals surface area contributed by atoms with E-state index in [2.05, 4.69) is 20.9 Å². The Morgan fingerprint density at radius 2 is 1.75 bits per heavy atom. The zero-order chi connectivity index (χ0) is 14.4. The summed E-state index contributed by atoms with van der Waals surface area (Å²) in [6.45, 7) is 0. The molecular formula is C13H5BrF2N2O2. The first kappa shape index (κ1) is 12.9. The van der Waals surface area contributed by atoms with E-state index in [4.69, 9.17) is 0 Å². The molecule has 1 aromatic carbocycles. The first-order chi connectivity index (χ1) is 9.50. The number of hydrogen-bond donors (Lipinski definition) is 0. The van der Waals surface area contributed by atoms with Crippen LogP contribution in [0.15, 0.2) is 35.1 Å². The van der Waals surface area contributed by atoms with Gasteiger partial charge in [0.1, 0.15) is 11.6 Å². The molecule has 1 aliphatic rings. The smallest absolute Gasteiger partial charge is 0.267 e. The van der Waals surface area contributed by atoms with Crippen LogP contribution in [-0.2, 0) is 0 Å². The van der Waals surface area contributed by atoms with Crippen LogP contribution in [0.1, 0.15) is 20.7 Å². The van der Waals surface area contributed by atoms with Gasteiger partial charge in [0.25, 0.3) is 11.8 Å². The summed E-state index contributed by atoms with van der Waals surface area (Å²) in [7, 11) is 0. The summed E-state index contributed by atoms with van der Waals surface area (Å²) in [6, 6.07) is 3.03. The van der Waals surface area contributed by atoms with Crippen LogP contribution in [0.3, 0.4) is 0 Å². The largest absolute Gasteiger partial charge is 0.268 e. The molecule has 7 heteroatoms. The van der Waals surface area contributed by atoms with Crippen LogP contribution in [-0.4, -0.2) is 16.8 Å². The highest BCUT2D eigenvalue weighted by Crippen LogP contribution is 2.32. The van der Waals surface area contributed by atoms with Gasteiger partial charge < -0.3 is 0 Å². The normalized spacial score (nSPS) is 13.8. The third kappa shape index (κ3) is 1.74. The van der Waals surface area contributed by atoms with Crippen molar-refractivity contribution in [2.75, 3.05) is 4.90 Å². The third-order valence-electron chi connectivity index (χ3n) is 2.92. The van der Waals surface area contributed by atoms with Gasteiger partial charge in [-0.1, -0.05) is 0 Å². The van der Waals surface area contributed by atoms with Gasteiger partial charge in [-0.05, 0) is 28.1 Å². The van der Waals surface area contributed by atoms with E-state index < -0.39 is 29.1 Å². The Bertz CT molecular complexity index is 729. The number of benzene rings is 1. The number of halogens is 3. The standard InChI is InChI=1S/C13H5BrF2N2O2/c14-8-3-10(16)11(4-9(8)15)18-12(19)6-1-2-17-5-7(6)13(18)20/h1-5H. The topological polar surface area (TPSA) is 50.3 Å². The third-order valence-corrected chi connectivity index (χ3v) is 3.53. The Morgan fingerprint density at radius 3 is 2.45 bits per heavy atom. The summed E-state index contributed by atoms with van der Waals surface area (Å²) >= 11 is 2.83. The predicted molar refractivity (Wildman–Crippen MR) is 69.4 cm³/mol. The van der Waals surface area contributed by atoms with Crippen LogP contribution in [0.2, 0.25) is 0 Å². The summed E-state index contributed by atoms with van der Waals surface area (Å²) < 4.78 is 27.3. The molecule has 0 spiro atoms. The lowest BCUT2D eigenvalue weighted by Gasteiger charge is -2.15. The van der Waals surface area contributed by atoms with E-state index in [9.17, 15) is 18.4 Å². The second kappa shape index (κ2) is 4.45. The number of anilines is 1. The maximum absolute atomic E-state index is 13.9. The molecule has 0 aliphatic carbocycles. The Kier molecular flexibility index (Phi) is 2.86. The molecule has 2 aromatic rings. The maximum Gasteiger partial charge on any atom is 0.267 e. The Labute approximate surface area is 120 Å². The van der Waals surface area contributed by atoms with Crippen LogP contribution in [0, 0.1) is 11.6 Å². The van der Waals surface area contributed by atoms with Crippen molar-refractivity contribution < 1.29 is 18.4 Å². The SMILES string of the molecule is O=C1c2ccncc2C(=O)N1c1cc(F)c(Br)cc1F. The number of nitrogens with zero attached hydrogens (tertiary/aromatic N) is 2. The maximum atomic E-state index is 13.9. The molecule has 100 valence electrons. The first-order valence-corrected chi connectivity index (χ1v) is 6.27. The van der Waals surface area contributed by atoms with Gasteiger partial charge in [-0.3, -0.25) is 14.6 Å². The summed E-state index contributed by atoms with van der Waals surface area (Å²) in [5.74, 6) is -3.07. The minimum absolute atomic E-state index is 0.0697. The zero-order valence-corrected chi connectivity index (χ0v) is 11.3. The number of hydrogen-bond acceptors (Lipinski definition) is 3. The molecule has 0 saturated carbocycles. The highest BCUT2D eigenvalue weighted by Gasteiger charge is 2.38.